The van der Waals surface area contributed by atoms with Gasteiger partial charge in [-0.1, -0.05) is 18.2 Å². The number of aromatic carboxylic acids is 1. The van der Waals surface area contributed by atoms with E-state index in [4.69, 9.17) is 15.0 Å². The van der Waals surface area contributed by atoms with Crippen LogP contribution in [0.1, 0.15) is 17.3 Å². The SMILES string of the molecule is CC(=O)O.O=C(O)c1ccccc1.[NaH]. The zero-order chi connectivity index (χ0) is 10.3. The topological polar surface area (TPSA) is 74.6 Å². The summed E-state index contributed by atoms with van der Waals surface area (Å²) in [4.78, 5) is 19.2. The molecule has 0 aliphatic rings. The van der Waals surface area contributed by atoms with E-state index in [-0.39, 0.29) is 29.6 Å². The Bertz CT molecular complexity index is 280. The van der Waals surface area contributed by atoms with Crippen LogP contribution >= 0.6 is 0 Å². The summed E-state index contributed by atoms with van der Waals surface area (Å²) in [6, 6.07) is 8.30. The molecule has 4 nitrogen and oxygen atoms in total. The van der Waals surface area contributed by atoms with Gasteiger partial charge in [-0.05, 0) is 12.1 Å². The molecule has 0 unspecified atom stereocenters. The standard InChI is InChI=1S/C7H6O2.C2H4O2.Na.H/c8-7(9)6-4-2-1-3-5-6;1-2(3)4;;/h1-5H,(H,8,9);1H3,(H,3,4);;. The Morgan fingerprint density at radius 1 is 1.07 bits per heavy atom. The molecule has 0 amide bonds. The third-order valence-electron chi connectivity index (χ3n) is 1.02. The normalized spacial score (nSPS) is 7.50. The summed E-state index contributed by atoms with van der Waals surface area (Å²) in [5, 5.41) is 15.8. The number of carboxylic acid groups (broad SMARTS) is 2. The van der Waals surface area contributed by atoms with Gasteiger partial charge < -0.3 is 10.2 Å². The number of carboxylic acids is 2. The van der Waals surface area contributed by atoms with Crippen LogP contribution in [-0.4, -0.2) is 51.7 Å². The molecule has 0 heterocycles. The Morgan fingerprint density at radius 3 is 1.64 bits per heavy atom. The van der Waals surface area contributed by atoms with Crippen molar-refractivity contribution < 1.29 is 19.8 Å². The molecule has 0 spiro atoms. The van der Waals surface area contributed by atoms with Crippen molar-refractivity contribution in [1.82, 2.24) is 0 Å². The average molecular weight is 206 g/mol. The molecule has 1 aromatic rings. The van der Waals surface area contributed by atoms with Gasteiger partial charge in [-0.15, -0.1) is 0 Å². The summed E-state index contributed by atoms with van der Waals surface area (Å²) in [5.41, 5.74) is 0.331. The van der Waals surface area contributed by atoms with Gasteiger partial charge in [-0.25, -0.2) is 4.79 Å². The molecule has 0 fully saturated rings. The van der Waals surface area contributed by atoms with Crippen LogP contribution in [0.15, 0.2) is 30.3 Å². The van der Waals surface area contributed by atoms with Crippen LogP contribution < -0.4 is 0 Å². The van der Waals surface area contributed by atoms with Crippen LogP contribution in [0.5, 0.6) is 0 Å². The van der Waals surface area contributed by atoms with E-state index in [1.807, 2.05) is 0 Å². The molecule has 0 aliphatic heterocycles. The molecule has 72 valence electrons. The van der Waals surface area contributed by atoms with Crippen LogP contribution in [0.25, 0.3) is 0 Å². The molecule has 0 saturated carbocycles. The number of hydrogen-bond acceptors (Lipinski definition) is 2. The van der Waals surface area contributed by atoms with Gasteiger partial charge in [-0.2, -0.15) is 0 Å². The first-order valence-electron chi connectivity index (χ1n) is 3.52. The second kappa shape index (κ2) is 8.74. The number of carbonyl (C=O) groups is 2. The van der Waals surface area contributed by atoms with Gasteiger partial charge in [0.25, 0.3) is 5.97 Å². The Labute approximate surface area is 104 Å². The number of hydrogen-bond donors (Lipinski definition) is 2. The molecular formula is C9H11NaO4. The van der Waals surface area contributed by atoms with Gasteiger partial charge in [0.15, 0.2) is 0 Å². The van der Waals surface area contributed by atoms with E-state index in [0.29, 0.717) is 5.56 Å². The van der Waals surface area contributed by atoms with E-state index in [1.54, 1.807) is 30.3 Å². The quantitative estimate of drug-likeness (QED) is 0.667. The number of rotatable bonds is 1. The van der Waals surface area contributed by atoms with E-state index in [9.17, 15) is 4.79 Å². The molecule has 0 aliphatic carbocycles. The third-order valence-corrected chi connectivity index (χ3v) is 1.02. The summed E-state index contributed by atoms with van der Waals surface area (Å²) >= 11 is 0. The van der Waals surface area contributed by atoms with E-state index in [1.165, 1.54) is 0 Å². The predicted molar refractivity (Wildman–Crippen MR) is 53.9 cm³/mol. The van der Waals surface area contributed by atoms with Crippen LogP contribution in [0.2, 0.25) is 0 Å². The van der Waals surface area contributed by atoms with Crippen molar-refractivity contribution in [1.29, 1.82) is 0 Å². The van der Waals surface area contributed by atoms with Crippen LogP contribution in [-0.2, 0) is 4.79 Å². The Morgan fingerprint density at radius 2 is 1.43 bits per heavy atom. The fourth-order valence-corrected chi connectivity index (χ4v) is 0.581. The van der Waals surface area contributed by atoms with Gasteiger partial charge in [0.05, 0.1) is 5.56 Å². The Hall–Kier alpha value is -0.840. The maximum absolute atomic E-state index is 10.2. The summed E-state index contributed by atoms with van der Waals surface area (Å²) in [7, 11) is 0. The molecular weight excluding hydrogens is 195 g/mol. The minimum absolute atomic E-state index is 0. The fraction of sp³-hybridized carbons (Fsp3) is 0.111. The van der Waals surface area contributed by atoms with Gasteiger partial charge >= 0.3 is 35.5 Å². The van der Waals surface area contributed by atoms with E-state index >= 15 is 0 Å². The molecule has 0 atom stereocenters. The molecule has 0 bridgehead atoms. The summed E-state index contributed by atoms with van der Waals surface area (Å²) in [6.45, 7) is 1.08. The van der Waals surface area contributed by atoms with E-state index < -0.39 is 11.9 Å². The van der Waals surface area contributed by atoms with Gasteiger partial charge in [-0.3, -0.25) is 4.79 Å². The zero-order valence-electron chi connectivity index (χ0n) is 7.10. The second-order valence-corrected chi connectivity index (χ2v) is 2.19. The van der Waals surface area contributed by atoms with Gasteiger partial charge in [0.1, 0.15) is 0 Å². The summed E-state index contributed by atoms with van der Waals surface area (Å²) in [6.07, 6.45) is 0. The molecule has 14 heavy (non-hydrogen) atoms. The predicted octanol–water partition coefficient (Wildman–Crippen LogP) is 0.827. The van der Waals surface area contributed by atoms with Crippen molar-refractivity contribution in [3.05, 3.63) is 35.9 Å². The first-order chi connectivity index (χ1) is 6.04. The van der Waals surface area contributed by atoms with Gasteiger partial charge in [0.2, 0.25) is 0 Å². The molecule has 1 rings (SSSR count). The van der Waals surface area contributed by atoms with Crippen molar-refractivity contribution in [2.45, 2.75) is 6.92 Å². The van der Waals surface area contributed by atoms with E-state index in [2.05, 4.69) is 0 Å². The summed E-state index contributed by atoms with van der Waals surface area (Å²) in [5.74, 6) is -1.71. The fourth-order valence-electron chi connectivity index (χ4n) is 0.581. The van der Waals surface area contributed by atoms with E-state index in [0.717, 1.165) is 6.92 Å². The Balaban J connectivity index is 0. The second-order valence-electron chi connectivity index (χ2n) is 2.19. The van der Waals surface area contributed by atoms with Crippen molar-refractivity contribution in [3.8, 4) is 0 Å². The van der Waals surface area contributed by atoms with Gasteiger partial charge in [0, 0.05) is 6.92 Å². The monoisotopic (exact) mass is 206 g/mol. The molecule has 5 heteroatoms. The molecule has 0 saturated heterocycles. The van der Waals surface area contributed by atoms with Crippen molar-refractivity contribution in [3.63, 3.8) is 0 Å². The maximum atomic E-state index is 10.2. The van der Waals surface area contributed by atoms with Crippen LogP contribution in [0, 0.1) is 0 Å². The van der Waals surface area contributed by atoms with Crippen molar-refractivity contribution in [2.24, 2.45) is 0 Å². The first-order valence-corrected chi connectivity index (χ1v) is 3.52. The zero-order valence-corrected chi connectivity index (χ0v) is 7.10. The van der Waals surface area contributed by atoms with Crippen molar-refractivity contribution in [2.75, 3.05) is 0 Å². The number of benzene rings is 1. The first kappa shape index (κ1) is 15.6. The Kier molecular flexibility index (Phi) is 9.76. The molecule has 2 N–H and O–H groups in total. The van der Waals surface area contributed by atoms with Crippen LogP contribution in [0.3, 0.4) is 0 Å². The third kappa shape index (κ3) is 9.25. The molecule has 0 radical (unpaired) electrons. The van der Waals surface area contributed by atoms with Crippen molar-refractivity contribution >= 4 is 41.5 Å². The average Bonchev–Trinajstić information content (AvgIpc) is 2.05. The minimum atomic E-state index is -0.879. The summed E-state index contributed by atoms with van der Waals surface area (Å²) < 4.78 is 0. The molecule has 1 aromatic carbocycles. The number of aliphatic carboxylic acids is 1. The molecule has 0 aromatic heterocycles. The van der Waals surface area contributed by atoms with Crippen LogP contribution in [0.4, 0.5) is 0 Å².